The topological polar surface area (TPSA) is 105 Å². The van der Waals surface area contributed by atoms with E-state index in [1.165, 1.54) is 0 Å². The van der Waals surface area contributed by atoms with Gasteiger partial charge in [-0.3, -0.25) is 9.59 Å². The third-order valence-electron chi connectivity index (χ3n) is 4.02. The van der Waals surface area contributed by atoms with Crippen LogP contribution in [0.4, 0.5) is 5.69 Å². The number of nitrogens with one attached hydrogen (secondary N) is 2. The number of esters is 1. The Morgan fingerprint density at radius 3 is 2.21 bits per heavy atom. The van der Waals surface area contributed by atoms with Gasteiger partial charge >= 0.3 is 5.97 Å². The number of aliphatic hydroxyl groups excluding tert-OH is 1. The molecule has 7 nitrogen and oxygen atoms in total. The third kappa shape index (κ3) is 6.21. The number of hydrogen-bond donors (Lipinski definition) is 3. The number of hydrogen-bond acceptors (Lipinski definition) is 5. The lowest BCUT2D eigenvalue weighted by Crippen LogP contribution is -2.45. The van der Waals surface area contributed by atoms with Crippen molar-refractivity contribution in [2.45, 2.75) is 25.8 Å². The van der Waals surface area contributed by atoms with Crippen molar-refractivity contribution in [2.24, 2.45) is 0 Å². The predicted molar refractivity (Wildman–Crippen MR) is 105 cm³/mol. The van der Waals surface area contributed by atoms with Gasteiger partial charge in [-0.2, -0.15) is 0 Å². The molecule has 0 aliphatic rings. The maximum Gasteiger partial charge on any atom is 0.331 e. The fourth-order valence-corrected chi connectivity index (χ4v) is 2.40. The molecule has 1 atom stereocenters. The summed E-state index contributed by atoms with van der Waals surface area (Å²) < 4.78 is 4.90. The average molecular weight is 384 g/mol. The van der Waals surface area contributed by atoms with Gasteiger partial charge in [0.15, 0.2) is 12.6 Å². The van der Waals surface area contributed by atoms with Crippen molar-refractivity contribution in [3.8, 4) is 0 Å². The van der Waals surface area contributed by atoms with Gasteiger partial charge in [0.25, 0.3) is 11.8 Å². The highest BCUT2D eigenvalue weighted by Gasteiger charge is 2.23. The maximum atomic E-state index is 12.1. The predicted octanol–water partition coefficient (Wildman–Crippen LogP) is 2.08. The first-order chi connectivity index (χ1) is 13.4. The summed E-state index contributed by atoms with van der Waals surface area (Å²) in [5.41, 5.74) is 2.07. The van der Waals surface area contributed by atoms with Gasteiger partial charge < -0.3 is 20.5 Å². The molecule has 7 heteroatoms. The molecule has 0 radical (unpaired) electrons. The molecule has 0 aromatic heterocycles. The van der Waals surface area contributed by atoms with Crippen molar-refractivity contribution in [3.05, 3.63) is 65.7 Å². The summed E-state index contributed by atoms with van der Waals surface area (Å²) in [6.07, 6.45) is 0. The fraction of sp³-hybridized carbons (Fsp3) is 0.286. The summed E-state index contributed by atoms with van der Waals surface area (Å²) in [4.78, 5) is 36.1. The minimum absolute atomic E-state index is 0.344. The lowest BCUT2D eigenvalue weighted by atomic mass is 10.0. The van der Waals surface area contributed by atoms with E-state index < -0.39 is 37.0 Å². The molecule has 0 spiro atoms. The Morgan fingerprint density at radius 1 is 1.00 bits per heavy atom. The van der Waals surface area contributed by atoms with Crippen LogP contribution < -0.4 is 10.6 Å². The van der Waals surface area contributed by atoms with Gasteiger partial charge in [0.1, 0.15) is 0 Å². The largest absolute Gasteiger partial charge is 0.454 e. The van der Waals surface area contributed by atoms with E-state index in [4.69, 9.17) is 4.74 Å². The molecule has 0 saturated heterocycles. The first kappa shape index (κ1) is 21.1. The average Bonchev–Trinajstić information content (AvgIpc) is 2.71. The number of rotatable bonds is 8. The van der Waals surface area contributed by atoms with Crippen molar-refractivity contribution in [3.63, 3.8) is 0 Å². The lowest BCUT2D eigenvalue weighted by molar-refractivity contribution is -0.150. The van der Waals surface area contributed by atoms with Crippen molar-refractivity contribution >= 4 is 23.5 Å². The van der Waals surface area contributed by atoms with E-state index in [2.05, 4.69) is 24.5 Å². The minimum atomic E-state index is -1.26. The van der Waals surface area contributed by atoms with Gasteiger partial charge in [-0.05, 0) is 35.7 Å². The molecule has 0 bridgehead atoms. The van der Waals surface area contributed by atoms with Crippen LogP contribution in [0.15, 0.2) is 54.6 Å². The van der Waals surface area contributed by atoms with Crippen molar-refractivity contribution in [1.29, 1.82) is 0 Å². The summed E-state index contributed by atoms with van der Waals surface area (Å²) in [7, 11) is 0. The molecule has 28 heavy (non-hydrogen) atoms. The molecule has 2 aromatic rings. The molecule has 0 heterocycles. The Labute approximate surface area is 163 Å². The number of carbonyl (C=O) groups is 3. The number of anilines is 1. The van der Waals surface area contributed by atoms with Gasteiger partial charge in [0, 0.05) is 11.3 Å². The molecule has 2 rings (SSSR count). The molecule has 0 aliphatic heterocycles. The Balaban J connectivity index is 1.83. The van der Waals surface area contributed by atoms with E-state index in [1.54, 1.807) is 42.5 Å². The standard InChI is InChI=1S/C21H24N2O5/c1-14(2)15-8-10-17(11-9-15)22-19(25)13-28-21(27)18(12-24)23-20(26)16-6-4-3-5-7-16/h3-11,14,18,24H,12-13H2,1-2H3,(H,22,25)(H,23,26). The second kappa shape index (κ2) is 10.2. The number of ether oxygens (including phenoxy) is 1. The highest BCUT2D eigenvalue weighted by Crippen LogP contribution is 2.17. The summed E-state index contributed by atoms with van der Waals surface area (Å²) in [6.45, 7) is 2.97. The zero-order chi connectivity index (χ0) is 20.5. The highest BCUT2D eigenvalue weighted by atomic mass is 16.5. The molecule has 2 aromatic carbocycles. The molecular weight excluding hydrogens is 360 g/mol. The van der Waals surface area contributed by atoms with Crippen LogP contribution in [0, 0.1) is 0 Å². The van der Waals surface area contributed by atoms with Gasteiger partial charge in [-0.25, -0.2) is 4.79 Å². The number of amides is 2. The number of benzene rings is 2. The SMILES string of the molecule is CC(C)c1ccc(NC(=O)COC(=O)C(CO)NC(=O)c2ccccc2)cc1. The van der Waals surface area contributed by atoms with Crippen LogP contribution >= 0.6 is 0 Å². The second-order valence-corrected chi connectivity index (χ2v) is 6.51. The van der Waals surface area contributed by atoms with Crippen LogP contribution in [-0.2, 0) is 14.3 Å². The zero-order valence-electron chi connectivity index (χ0n) is 15.8. The maximum absolute atomic E-state index is 12.1. The zero-order valence-corrected chi connectivity index (χ0v) is 15.8. The van der Waals surface area contributed by atoms with E-state index in [9.17, 15) is 19.5 Å². The minimum Gasteiger partial charge on any atom is -0.454 e. The van der Waals surface area contributed by atoms with E-state index in [0.717, 1.165) is 5.56 Å². The Morgan fingerprint density at radius 2 is 1.64 bits per heavy atom. The molecule has 0 aliphatic carbocycles. The van der Waals surface area contributed by atoms with Crippen LogP contribution in [0.3, 0.4) is 0 Å². The molecule has 0 saturated carbocycles. The monoisotopic (exact) mass is 384 g/mol. The highest BCUT2D eigenvalue weighted by molar-refractivity contribution is 5.97. The summed E-state index contributed by atoms with van der Waals surface area (Å²) in [5.74, 6) is -1.55. The van der Waals surface area contributed by atoms with Crippen molar-refractivity contribution in [1.82, 2.24) is 5.32 Å². The normalized spacial score (nSPS) is 11.6. The van der Waals surface area contributed by atoms with E-state index in [0.29, 0.717) is 17.2 Å². The first-order valence-electron chi connectivity index (χ1n) is 8.94. The molecule has 3 N–H and O–H groups in total. The van der Waals surface area contributed by atoms with Gasteiger partial charge in [0.2, 0.25) is 0 Å². The lowest BCUT2D eigenvalue weighted by Gasteiger charge is -2.15. The van der Waals surface area contributed by atoms with Crippen LogP contribution in [0.5, 0.6) is 0 Å². The van der Waals surface area contributed by atoms with Crippen molar-refractivity contribution < 1.29 is 24.2 Å². The summed E-state index contributed by atoms with van der Waals surface area (Å²) in [6, 6.07) is 14.4. The van der Waals surface area contributed by atoms with E-state index in [1.807, 2.05) is 12.1 Å². The summed E-state index contributed by atoms with van der Waals surface area (Å²) >= 11 is 0. The fourth-order valence-electron chi connectivity index (χ4n) is 2.40. The quantitative estimate of drug-likeness (QED) is 0.605. The van der Waals surface area contributed by atoms with Gasteiger partial charge in [0.05, 0.1) is 6.61 Å². The Kier molecular flexibility index (Phi) is 7.71. The third-order valence-corrected chi connectivity index (χ3v) is 4.02. The van der Waals surface area contributed by atoms with Crippen molar-refractivity contribution in [2.75, 3.05) is 18.5 Å². The Bertz CT molecular complexity index is 803. The molecular formula is C21H24N2O5. The van der Waals surface area contributed by atoms with Crippen LogP contribution in [-0.4, -0.2) is 42.1 Å². The van der Waals surface area contributed by atoms with Crippen LogP contribution in [0.2, 0.25) is 0 Å². The van der Waals surface area contributed by atoms with E-state index in [-0.39, 0.29) is 0 Å². The molecule has 2 amide bonds. The van der Waals surface area contributed by atoms with Crippen LogP contribution in [0.1, 0.15) is 35.7 Å². The number of carbonyl (C=O) groups excluding carboxylic acids is 3. The van der Waals surface area contributed by atoms with Gasteiger partial charge in [-0.15, -0.1) is 0 Å². The van der Waals surface area contributed by atoms with Crippen LogP contribution in [0.25, 0.3) is 0 Å². The summed E-state index contributed by atoms with van der Waals surface area (Å²) in [5, 5.41) is 14.3. The molecule has 148 valence electrons. The molecule has 0 fully saturated rings. The first-order valence-corrected chi connectivity index (χ1v) is 8.94. The number of aliphatic hydroxyl groups is 1. The second-order valence-electron chi connectivity index (χ2n) is 6.51. The molecule has 1 unspecified atom stereocenters. The Hall–Kier alpha value is -3.19. The van der Waals surface area contributed by atoms with E-state index >= 15 is 0 Å². The van der Waals surface area contributed by atoms with Gasteiger partial charge in [-0.1, -0.05) is 44.2 Å². The smallest absolute Gasteiger partial charge is 0.331 e.